The van der Waals surface area contributed by atoms with Crippen LogP contribution in [0.5, 0.6) is 0 Å². The quantitative estimate of drug-likeness (QED) is 0.162. The van der Waals surface area contributed by atoms with Gasteiger partial charge >= 0.3 is 0 Å². The first-order chi connectivity index (χ1) is 32.8. The van der Waals surface area contributed by atoms with E-state index in [1.54, 1.807) is 0 Å². The Kier molecular flexibility index (Phi) is 7.91. The first-order valence-corrected chi connectivity index (χ1v) is 22.5. The smallest absolute Gasteiger partial charge is 0.238 e. The van der Waals surface area contributed by atoms with Crippen molar-refractivity contribution in [3.8, 4) is 45.5 Å². The van der Waals surface area contributed by atoms with Gasteiger partial charge in [0.05, 0.1) is 22.1 Å². The Bertz CT molecular complexity index is 4250. The van der Waals surface area contributed by atoms with Crippen LogP contribution < -0.4 is 0 Å². The SMILES string of the molecule is c1ccc(-c2ccc(-c3nc(-c4ccccc4)nc(-n4c5ccccc5c5ccc6c7c8ccccc8c8c9ccccc9c9ccccc9c8c7n(-c7ccccc7)c6c54)n3)cc2)cc1. The highest BCUT2D eigenvalue weighted by Gasteiger charge is 2.27. The second kappa shape index (κ2) is 14.3. The third kappa shape index (κ3) is 5.31. The van der Waals surface area contributed by atoms with Gasteiger partial charge in [0, 0.05) is 49.1 Å². The van der Waals surface area contributed by atoms with Crippen molar-refractivity contribution in [3.05, 3.63) is 224 Å². The molecular formula is C61H37N5. The lowest BCUT2D eigenvalue weighted by molar-refractivity contribution is 0.953. The van der Waals surface area contributed by atoms with Crippen LogP contribution in [0.3, 0.4) is 0 Å². The summed E-state index contributed by atoms with van der Waals surface area (Å²) in [5.41, 5.74) is 9.54. The lowest BCUT2D eigenvalue weighted by Crippen LogP contribution is -2.07. The molecule has 306 valence electrons. The highest BCUT2D eigenvalue weighted by molar-refractivity contribution is 6.43. The number of para-hydroxylation sites is 2. The molecule has 0 bridgehead atoms. The number of hydrogen-bond acceptors (Lipinski definition) is 3. The van der Waals surface area contributed by atoms with Crippen LogP contribution in [0.1, 0.15) is 0 Å². The number of fused-ring (bicyclic) bond motifs is 17. The zero-order chi connectivity index (χ0) is 43.3. The first-order valence-electron chi connectivity index (χ1n) is 22.5. The number of benzene rings is 11. The Morgan fingerprint density at radius 2 is 0.667 bits per heavy atom. The largest absolute Gasteiger partial charge is 0.306 e. The molecule has 14 rings (SSSR count). The van der Waals surface area contributed by atoms with E-state index in [9.17, 15) is 0 Å². The maximum atomic E-state index is 5.44. The molecule has 0 saturated heterocycles. The van der Waals surface area contributed by atoms with Crippen molar-refractivity contribution in [1.29, 1.82) is 0 Å². The van der Waals surface area contributed by atoms with Gasteiger partial charge in [-0.3, -0.25) is 4.57 Å². The van der Waals surface area contributed by atoms with Crippen LogP contribution in [0.25, 0.3) is 132 Å². The standard InChI is InChI=1S/C61H37N5/c1-4-18-38(19-5-1)39-32-34-41(35-33-39)60-62-59(40-20-6-2-7-21-40)63-61(64-60)66-52-31-17-16-26-45(52)50-36-37-51-54-49-30-15-14-29-48(49)53-46-27-12-10-24-43(46)44-25-11-13-28-47(44)55(53)58(54)65(57(51)56(50)66)42-22-8-3-9-23-42/h1-37H. The molecule has 0 N–H and O–H groups in total. The van der Waals surface area contributed by atoms with Gasteiger partial charge in [-0.25, -0.2) is 4.98 Å². The summed E-state index contributed by atoms with van der Waals surface area (Å²) in [5.74, 6) is 1.77. The van der Waals surface area contributed by atoms with Gasteiger partial charge in [-0.1, -0.05) is 206 Å². The van der Waals surface area contributed by atoms with Crippen molar-refractivity contribution >= 4 is 86.7 Å². The average molecular weight is 840 g/mol. The molecule has 0 fully saturated rings. The van der Waals surface area contributed by atoms with Crippen molar-refractivity contribution in [3.63, 3.8) is 0 Å². The van der Waals surface area contributed by atoms with Crippen molar-refractivity contribution in [2.45, 2.75) is 0 Å². The molecule has 0 amide bonds. The molecular weight excluding hydrogens is 803 g/mol. The molecule has 0 aliphatic carbocycles. The predicted octanol–water partition coefficient (Wildman–Crippen LogP) is 15.7. The molecule has 0 unspecified atom stereocenters. The molecule has 5 heteroatoms. The van der Waals surface area contributed by atoms with Gasteiger partial charge in [0.2, 0.25) is 5.95 Å². The number of nitrogens with zero attached hydrogens (tertiary/aromatic N) is 5. The van der Waals surface area contributed by atoms with E-state index in [4.69, 9.17) is 15.0 Å². The summed E-state index contributed by atoms with van der Waals surface area (Å²) in [6.07, 6.45) is 0. The van der Waals surface area contributed by atoms with E-state index >= 15 is 0 Å². The van der Waals surface area contributed by atoms with E-state index in [1.165, 1.54) is 54.0 Å². The first kappa shape index (κ1) is 36.5. The molecule has 5 nitrogen and oxygen atoms in total. The molecule has 14 aromatic rings. The van der Waals surface area contributed by atoms with Crippen molar-refractivity contribution in [2.75, 3.05) is 0 Å². The summed E-state index contributed by atoms with van der Waals surface area (Å²) in [6, 6.07) is 80.3. The van der Waals surface area contributed by atoms with Crippen molar-refractivity contribution < 1.29 is 0 Å². The van der Waals surface area contributed by atoms with E-state index in [0.29, 0.717) is 17.6 Å². The Balaban J connectivity index is 1.18. The van der Waals surface area contributed by atoms with Gasteiger partial charge in [-0.2, -0.15) is 9.97 Å². The summed E-state index contributed by atoms with van der Waals surface area (Å²) in [6.45, 7) is 0. The minimum absolute atomic E-state index is 0.556. The number of aromatic nitrogens is 5. The van der Waals surface area contributed by atoms with E-state index in [1.807, 2.05) is 24.3 Å². The van der Waals surface area contributed by atoms with Crippen molar-refractivity contribution in [2.24, 2.45) is 0 Å². The van der Waals surface area contributed by atoms with Crippen LogP contribution in [0.15, 0.2) is 224 Å². The summed E-state index contributed by atoms with van der Waals surface area (Å²) < 4.78 is 4.82. The Hall–Kier alpha value is -8.93. The Morgan fingerprint density at radius 3 is 1.30 bits per heavy atom. The molecule has 11 aromatic carbocycles. The molecule has 66 heavy (non-hydrogen) atoms. The van der Waals surface area contributed by atoms with E-state index in [2.05, 4.69) is 209 Å². The van der Waals surface area contributed by atoms with Crippen LogP contribution >= 0.6 is 0 Å². The Morgan fingerprint density at radius 1 is 0.242 bits per heavy atom. The van der Waals surface area contributed by atoms with Crippen LogP contribution in [0.4, 0.5) is 0 Å². The monoisotopic (exact) mass is 839 g/mol. The zero-order valence-corrected chi connectivity index (χ0v) is 35.6. The van der Waals surface area contributed by atoms with E-state index < -0.39 is 0 Å². The summed E-state index contributed by atoms with van der Waals surface area (Å²) in [7, 11) is 0. The third-order valence-electron chi connectivity index (χ3n) is 13.5. The molecule has 3 aromatic heterocycles. The highest BCUT2D eigenvalue weighted by atomic mass is 15.2. The van der Waals surface area contributed by atoms with Crippen LogP contribution in [-0.4, -0.2) is 24.1 Å². The van der Waals surface area contributed by atoms with Gasteiger partial charge in [-0.05, 0) is 61.6 Å². The van der Waals surface area contributed by atoms with Gasteiger partial charge < -0.3 is 4.57 Å². The number of rotatable bonds is 5. The second-order valence-electron chi connectivity index (χ2n) is 17.1. The van der Waals surface area contributed by atoms with Gasteiger partial charge in [0.25, 0.3) is 0 Å². The van der Waals surface area contributed by atoms with Crippen LogP contribution in [-0.2, 0) is 0 Å². The molecule has 0 spiro atoms. The zero-order valence-electron chi connectivity index (χ0n) is 35.6. The number of hydrogen-bond donors (Lipinski definition) is 0. The summed E-state index contributed by atoms with van der Waals surface area (Å²) >= 11 is 0. The van der Waals surface area contributed by atoms with Crippen molar-refractivity contribution in [1.82, 2.24) is 24.1 Å². The predicted molar refractivity (Wildman–Crippen MR) is 275 cm³/mol. The van der Waals surface area contributed by atoms with Gasteiger partial charge in [-0.15, -0.1) is 0 Å². The molecule has 0 radical (unpaired) electrons. The Labute approximate surface area is 379 Å². The molecule has 0 atom stereocenters. The highest BCUT2D eigenvalue weighted by Crippen LogP contribution is 2.50. The minimum Gasteiger partial charge on any atom is -0.306 e. The lowest BCUT2D eigenvalue weighted by atomic mass is 9.89. The fraction of sp³-hybridized carbons (Fsp3) is 0. The lowest BCUT2D eigenvalue weighted by Gasteiger charge is -2.17. The molecule has 3 heterocycles. The normalized spacial score (nSPS) is 11.9. The maximum Gasteiger partial charge on any atom is 0.238 e. The van der Waals surface area contributed by atoms with Crippen LogP contribution in [0.2, 0.25) is 0 Å². The summed E-state index contributed by atoms with van der Waals surface area (Å²) in [5, 5.41) is 14.6. The van der Waals surface area contributed by atoms with Crippen LogP contribution in [0, 0.1) is 0 Å². The molecule has 0 aliphatic rings. The maximum absolute atomic E-state index is 5.44. The summed E-state index contributed by atoms with van der Waals surface area (Å²) in [4.78, 5) is 16.0. The topological polar surface area (TPSA) is 48.5 Å². The fourth-order valence-electron chi connectivity index (χ4n) is 10.7. The fourth-order valence-corrected chi connectivity index (χ4v) is 10.7. The van der Waals surface area contributed by atoms with Gasteiger partial charge in [0.1, 0.15) is 0 Å². The van der Waals surface area contributed by atoms with E-state index in [0.717, 1.165) is 60.6 Å². The van der Waals surface area contributed by atoms with E-state index in [-0.39, 0.29) is 0 Å². The second-order valence-corrected chi connectivity index (χ2v) is 17.1. The minimum atomic E-state index is 0.556. The average Bonchev–Trinajstić information content (AvgIpc) is 3.93. The molecule has 0 saturated carbocycles. The molecule has 0 aliphatic heterocycles. The third-order valence-corrected chi connectivity index (χ3v) is 13.5. The van der Waals surface area contributed by atoms with Gasteiger partial charge in [0.15, 0.2) is 11.6 Å².